The van der Waals surface area contributed by atoms with Gasteiger partial charge in [-0.05, 0) is 24.1 Å². The molecule has 0 atom stereocenters. The minimum absolute atomic E-state index is 0.108. The van der Waals surface area contributed by atoms with E-state index in [1.165, 1.54) is 0 Å². The third kappa shape index (κ3) is 3.07. The van der Waals surface area contributed by atoms with Gasteiger partial charge in [-0.1, -0.05) is 60.7 Å². The van der Waals surface area contributed by atoms with Crippen LogP contribution in [0.2, 0.25) is 0 Å². The molecule has 0 heterocycles. The zero-order valence-corrected chi connectivity index (χ0v) is 15.2. The molecule has 1 N–H and O–H groups in total. The van der Waals surface area contributed by atoms with Crippen molar-refractivity contribution in [3.63, 3.8) is 0 Å². The van der Waals surface area contributed by atoms with Crippen molar-refractivity contribution in [3.05, 3.63) is 100 Å². The molecule has 0 spiro atoms. The second kappa shape index (κ2) is 7.12. The Kier molecular flexibility index (Phi) is 4.49. The van der Waals surface area contributed by atoms with Crippen LogP contribution in [-0.2, 0) is 11.3 Å². The van der Waals surface area contributed by atoms with Crippen molar-refractivity contribution < 1.29 is 19.1 Å². The lowest BCUT2D eigenvalue weighted by molar-refractivity contribution is 0.0979. The highest BCUT2D eigenvalue weighted by molar-refractivity contribution is 6.30. The molecule has 0 bridgehead atoms. The summed E-state index contributed by atoms with van der Waals surface area (Å²) in [5.74, 6) is -0.516. The van der Waals surface area contributed by atoms with E-state index in [-0.39, 0.29) is 29.3 Å². The normalized spacial score (nSPS) is 12.2. The van der Waals surface area contributed by atoms with Gasteiger partial charge in [0, 0.05) is 16.7 Å². The molecule has 28 heavy (non-hydrogen) atoms. The van der Waals surface area contributed by atoms with Gasteiger partial charge in [-0.2, -0.15) is 0 Å². The highest BCUT2D eigenvalue weighted by atomic mass is 16.5. The van der Waals surface area contributed by atoms with E-state index in [0.717, 1.165) is 5.56 Å². The molecule has 1 aliphatic rings. The third-order valence-corrected chi connectivity index (χ3v) is 4.74. The SMILES string of the molecule is Cc1ccc2c(c1NC(=O)OCc1ccccc1)C(=O)c1ccccc1C2=O. The standard InChI is InChI=1S/C23H17NO4/c1-14-11-12-18-19(22(26)17-10-6-5-9-16(17)21(18)25)20(14)24-23(27)28-13-15-7-3-2-4-8-15/h2-12H,13H2,1H3,(H,24,27). The molecule has 0 aliphatic heterocycles. The molecule has 1 amide bonds. The minimum Gasteiger partial charge on any atom is -0.444 e. The van der Waals surface area contributed by atoms with Crippen molar-refractivity contribution in [3.8, 4) is 0 Å². The summed E-state index contributed by atoms with van der Waals surface area (Å²) in [6.07, 6.45) is -0.681. The molecule has 5 heteroatoms. The van der Waals surface area contributed by atoms with E-state index in [9.17, 15) is 14.4 Å². The van der Waals surface area contributed by atoms with Gasteiger partial charge in [-0.3, -0.25) is 14.9 Å². The molecule has 0 unspecified atom stereocenters. The summed E-state index contributed by atoms with van der Waals surface area (Å²) < 4.78 is 5.26. The summed E-state index contributed by atoms with van der Waals surface area (Å²) >= 11 is 0. The Bertz CT molecular complexity index is 1100. The zero-order chi connectivity index (χ0) is 19.7. The van der Waals surface area contributed by atoms with Crippen LogP contribution < -0.4 is 5.32 Å². The van der Waals surface area contributed by atoms with Gasteiger partial charge in [0.05, 0.1) is 11.3 Å². The molecule has 0 fully saturated rings. The van der Waals surface area contributed by atoms with Crippen molar-refractivity contribution in [2.45, 2.75) is 13.5 Å². The van der Waals surface area contributed by atoms with Crippen LogP contribution >= 0.6 is 0 Å². The largest absolute Gasteiger partial charge is 0.444 e. The van der Waals surface area contributed by atoms with Gasteiger partial charge in [0.2, 0.25) is 0 Å². The average molecular weight is 371 g/mol. The molecule has 5 nitrogen and oxygen atoms in total. The smallest absolute Gasteiger partial charge is 0.411 e. The Hall–Kier alpha value is -3.73. The maximum Gasteiger partial charge on any atom is 0.411 e. The Labute approximate surface area is 162 Å². The Morgan fingerprint density at radius 2 is 1.46 bits per heavy atom. The number of hydrogen-bond acceptors (Lipinski definition) is 4. The first-order valence-electron chi connectivity index (χ1n) is 8.86. The number of ketones is 2. The molecule has 0 saturated heterocycles. The lowest BCUT2D eigenvalue weighted by Gasteiger charge is -2.21. The van der Waals surface area contributed by atoms with Crippen LogP contribution in [0.4, 0.5) is 10.5 Å². The average Bonchev–Trinajstić information content (AvgIpc) is 2.72. The van der Waals surface area contributed by atoms with Crippen molar-refractivity contribution >= 4 is 23.3 Å². The first-order chi connectivity index (χ1) is 13.6. The van der Waals surface area contributed by atoms with Crippen LogP contribution in [0.5, 0.6) is 0 Å². The van der Waals surface area contributed by atoms with Gasteiger partial charge >= 0.3 is 6.09 Å². The van der Waals surface area contributed by atoms with Crippen molar-refractivity contribution in [2.24, 2.45) is 0 Å². The molecule has 3 aromatic rings. The molecule has 3 aromatic carbocycles. The number of carbonyl (C=O) groups is 3. The summed E-state index contributed by atoms with van der Waals surface area (Å²) in [7, 11) is 0. The first kappa shape index (κ1) is 17.7. The molecule has 138 valence electrons. The second-order valence-electron chi connectivity index (χ2n) is 6.57. The zero-order valence-electron chi connectivity index (χ0n) is 15.2. The summed E-state index contributed by atoms with van der Waals surface area (Å²) in [5.41, 5.74) is 3.05. The van der Waals surface area contributed by atoms with Crippen LogP contribution in [0, 0.1) is 6.92 Å². The van der Waals surface area contributed by atoms with E-state index in [1.807, 2.05) is 30.3 Å². The van der Waals surface area contributed by atoms with Crippen molar-refractivity contribution in [1.82, 2.24) is 0 Å². The Balaban J connectivity index is 1.64. The molecule has 0 radical (unpaired) electrons. The van der Waals surface area contributed by atoms with Crippen LogP contribution in [0.25, 0.3) is 0 Å². The fraction of sp³-hybridized carbons (Fsp3) is 0.0870. The molecular weight excluding hydrogens is 354 g/mol. The number of ether oxygens (including phenoxy) is 1. The lowest BCUT2D eigenvalue weighted by Crippen LogP contribution is -2.24. The Morgan fingerprint density at radius 1 is 0.821 bits per heavy atom. The van der Waals surface area contributed by atoms with Gasteiger partial charge in [0.25, 0.3) is 0 Å². The molecular formula is C23H17NO4. The van der Waals surface area contributed by atoms with Crippen LogP contribution in [0.1, 0.15) is 43.0 Å². The number of aryl methyl sites for hydroxylation is 1. The number of benzene rings is 3. The van der Waals surface area contributed by atoms with Gasteiger partial charge in [0.1, 0.15) is 6.61 Å². The van der Waals surface area contributed by atoms with E-state index < -0.39 is 6.09 Å². The quantitative estimate of drug-likeness (QED) is 0.575. The number of carbonyl (C=O) groups excluding carboxylic acids is 3. The molecule has 1 aliphatic carbocycles. The number of rotatable bonds is 3. The van der Waals surface area contributed by atoms with Crippen LogP contribution in [0.15, 0.2) is 66.7 Å². The fourth-order valence-electron chi connectivity index (χ4n) is 3.31. The predicted molar refractivity (Wildman–Crippen MR) is 105 cm³/mol. The fourth-order valence-corrected chi connectivity index (χ4v) is 3.31. The highest BCUT2D eigenvalue weighted by Crippen LogP contribution is 2.34. The second-order valence-corrected chi connectivity index (χ2v) is 6.57. The number of hydrogen-bond donors (Lipinski definition) is 1. The van der Waals surface area contributed by atoms with E-state index in [1.54, 1.807) is 43.3 Å². The summed E-state index contributed by atoms with van der Waals surface area (Å²) in [6, 6.07) is 19.3. The minimum atomic E-state index is -0.681. The summed E-state index contributed by atoms with van der Waals surface area (Å²) in [5, 5.41) is 2.66. The first-order valence-corrected chi connectivity index (χ1v) is 8.86. The van der Waals surface area contributed by atoms with E-state index in [2.05, 4.69) is 5.32 Å². The summed E-state index contributed by atoms with van der Waals surface area (Å²) in [6.45, 7) is 1.88. The maximum atomic E-state index is 13.0. The van der Waals surface area contributed by atoms with Crippen LogP contribution in [0.3, 0.4) is 0 Å². The van der Waals surface area contributed by atoms with Gasteiger partial charge in [-0.25, -0.2) is 4.79 Å². The highest BCUT2D eigenvalue weighted by Gasteiger charge is 2.32. The maximum absolute atomic E-state index is 13.0. The number of nitrogens with one attached hydrogen (secondary N) is 1. The van der Waals surface area contributed by atoms with Gasteiger partial charge < -0.3 is 4.74 Å². The Morgan fingerprint density at radius 3 is 2.18 bits per heavy atom. The monoisotopic (exact) mass is 371 g/mol. The molecule has 0 saturated carbocycles. The number of fused-ring (bicyclic) bond motifs is 2. The van der Waals surface area contributed by atoms with Gasteiger partial charge in [0.15, 0.2) is 11.6 Å². The predicted octanol–water partition coefficient (Wildman–Crippen LogP) is 4.52. The van der Waals surface area contributed by atoms with Crippen molar-refractivity contribution in [1.29, 1.82) is 0 Å². The topological polar surface area (TPSA) is 72.5 Å². The third-order valence-electron chi connectivity index (χ3n) is 4.74. The van der Waals surface area contributed by atoms with Crippen LogP contribution in [-0.4, -0.2) is 17.7 Å². The van der Waals surface area contributed by atoms with E-state index >= 15 is 0 Å². The number of amides is 1. The van der Waals surface area contributed by atoms with E-state index in [4.69, 9.17) is 4.74 Å². The van der Waals surface area contributed by atoms with Crippen molar-refractivity contribution in [2.75, 3.05) is 5.32 Å². The number of anilines is 1. The lowest BCUT2D eigenvalue weighted by atomic mass is 9.82. The molecule has 0 aromatic heterocycles. The molecule has 4 rings (SSSR count). The van der Waals surface area contributed by atoms with Gasteiger partial charge in [-0.15, -0.1) is 0 Å². The van der Waals surface area contributed by atoms with E-state index in [0.29, 0.717) is 22.4 Å². The summed E-state index contributed by atoms with van der Waals surface area (Å²) in [4.78, 5) is 38.2.